The van der Waals surface area contributed by atoms with E-state index in [0.29, 0.717) is 26.7 Å². The zero-order valence-electron chi connectivity index (χ0n) is 28.2. The highest BCUT2D eigenvalue weighted by molar-refractivity contribution is 5.81. The lowest BCUT2D eigenvalue weighted by atomic mass is 9.95. The predicted molar refractivity (Wildman–Crippen MR) is 202 cm³/mol. The number of benzene rings is 7. The van der Waals surface area contributed by atoms with Crippen LogP contribution in [-0.4, -0.2) is 20.4 Å². The van der Waals surface area contributed by atoms with Crippen molar-refractivity contribution in [2.75, 3.05) is 0 Å². The van der Waals surface area contributed by atoms with Gasteiger partial charge in [0.2, 0.25) is 0 Å². The first kappa shape index (κ1) is 34.4. The zero-order valence-corrected chi connectivity index (χ0v) is 28.2. The van der Waals surface area contributed by atoms with Crippen LogP contribution >= 0.6 is 0 Å². The second-order valence-electron chi connectivity index (χ2n) is 12.4. The lowest BCUT2D eigenvalue weighted by molar-refractivity contribution is -0.270. The Hall–Kier alpha value is -6.50. The van der Waals surface area contributed by atoms with Crippen molar-refractivity contribution in [1.29, 1.82) is 0 Å². The molecular formula is C45H39NO5. The molecule has 51 heavy (non-hydrogen) atoms. The highest BCUT2D eigenvalue weighted by Crippen LogP contribution is 2.50. The molecule has 0 fully saturated rings. The smallest absolute Gasteiger partial charge is 0.148 e. The molecule has 0 aliphatic heterocycles. The summed E-state index contributed by atoms with van der Waals surface area (Å²) in [5.74, 6) is -0.370. The lowest BCUT2D eigenvalue weighted by Crippen LogP contribution is -2.33. The molecule has 0 bridgehead atoms. The number of nitrogens with zero attached hydrogens (tertiary/aromatic N) is 1. The van der Waals surface area contributed by atoms with Crippen molar-refractivity contribution in [2.24, 2.45) is 0 Å². The molecule has 0 saturated carbocycles. The molecule has 254 valence electrons. The predicted octanol–water partition coefficient (Wildman–Crippen LogP) is 10.1. The van der Waals surface area contributed by atoms with Crippen molar-refractivity contribution in [2.45, 2.75) is 19.8 Å². The Morgan fingerprint density at radius 1 is 0.412 bits per heavy atom. The Labute approximate surface area is 298 Å². The zero-order chi connectivity index (χ0) is 35.8. The summed E-state index contributed by atoms with van der Waals surface area (Å²) in [6.45, 7) is 1.87. The fraction of sp³-hybridized carbons (Fsp3) is 0.0667. The van der Waals surface area contributed by atoms with E-state index in [2.05, 4.69) is 121 Å². The Morgan fingerprint density at radius 3 is 1.02 bits per heavy atom. The first-order valence-electron chi connectivity index (χ1n) is 16.7. The van der Waals surface area contributed by atoms with E-state index in [1.807, 2.05) is 6.92 Å². The van der Waals surface area contributed by atoms with Crippen LogP contribution in [0.4, 0.5) is 22.7 Å². The van der Waals surface area contributed by atoms with Crippen LogP contribution in [0, 0.1) is 6.92 Å². The van der Waals surface area contributed by atoms with Gasteiger partial charge < -0.3 is 25.5 Å². The second kappa shape index (κ2) is 15.4. The molecule has 0 unspecified atom stereocenters. The largest absolute Gasteiger partial charge is 0.872 e. The molecule has 0 amide bonds. The number of hydrogen-bond acceptors (Lipinski definition) is 5. The van der Waals surface area contributed by atoms with E-state index in [-0.39, 0.29) is 41.6 Å². The lowest BCUT2D eigenvalue weighted by Gasteiger charge is -2.37. The number of para-hydroxylation sites is 4. The third-order valence-corrected chi connectivity index (χ3v) is 8.86. The topological polar surface area (TPSA) is 104 Å². The summed E-state index contributed by atoms with van der Waals surface area (Å²) in [6.07, 6.45) is 0.475. The molecule has 6 nitrogen and oxygen atoms in total. The molecule has 0 atom stereocenters. The van der Waals surface area contributed by atoms with E-state index < -0.39 is 0 Å². The van der Waals surface area contributed by atoms with Gasteiger partial charge in [0.05, 0.1) is 0 Å². The van der Waals surface area contributed by atoms with Gasteiger partial charge in [-0.1, -0.05) is 114 Å². The summed E-state index contributed by atoms with van der Waals surface area (Å²) in [4.78, 5) is 0. The first-order valence-corrected chi connectivity index (χ1v) is 16.7. The fourth-order valence-electron chi connectivity index (χ4n) is 6.51. The van der Waals surface area contributed by atoms with Crippen LogP contribution in [0.1, 0.15) is 27.8 Å². The molecule has 0 aliphatic rings. The molecule has 7 rings (SSSR count). The van der Waals surface area contributed by atoms with Gasteiger partial charge in [0.25, 0.3) is 0 Å². The quantitative estimate of drug-likeness (QED) is 0.120. The summed E-state index contributed by atoms with van der Waals surface area (Å²) >= 11 is 0. The van der Waals surface area contributed by atoms with Crippen LogP contribution in [0.25, 0.3) is 0 Å². The molecule has 0 saturated heterocycles. The summed E-state index contributed by atoms with van der Waals surface area (Å²) in [6, 6.07) is 54.9. The molecule has 0 spiro atoms. The molecule has 0 radical (unpaired) electrons. The maximum Gasteiger partial charge on any atom is 0.148 e. The van der Waals surface area contributed by atoms with Crippen molar-refractivity contribution in [3.63, 3.8) is 0 Å². The molecule has 0 aromatic heterocycles. The number of quaternary nitrogens is 1. The third-order valence-electron chi connectivity index (χ3n) is 8.86. The third kappa shape index (κ3) is 7.57. The van der Waals surface area contributed by atoms with Gasteiger partial charge in [-0.3, -0.25) is 0 Å². The van der Waals surface area contributed by atoms with E-state index in [4.69, 9.17) is 0 Å². The van der Waals surface area contributed by atoms with E-state index in [1.54, 1.807) is 24.3 Å². The molecular weight excluding hydrogens is 634 g/mol. The number of phenolic OH excluding ortho intramolecular Hbond substituents is 4. The Bertz CT molecular complexity index is 1970. The molecule has 7 aromatic carbocycles. The number of hydrogen-bond donors (Lipinski definition) is 4. The molecule has 0 heterocycles. The summed E-state index contributed by atoms with van der Waals surface area (Å²) in [5, 5.41) is 51.5. The van der Waals surface area contributed by atoms with Crippen LogP contribution < -0.4 is 9.59 Å². The van der Waals surface area contributed by atoms with Gasteiger partial charge >= 0.3 is 0 Å². The SMILES string of the molecule is Cc1cc(Cc2ccc(O)cc2O)c([O-])c(Cc2ccc(O)cc2O)c1.c1ccc([N+](c2ccccc2)(c2ccccc2)c2ccccc2)cc1. The summed E-state index contributed by atoms with van der Waals surface area (Å²) < 4.78 is 0.559. The highest BCUT2D eigenvalue weighted by Gasteiger charge is 2.38. The molecule has 7 aromatic rings. The van der Waals surface area contributed by atoms with Gasteiger partial charge in [-0.05, 0) is 30.2 Å². The van der Waals surface area contributed by atoms with Gasteiger partial charge in [-0.2, -0.15) is 4.48 Å². The van der Waals surface area contributed by atoms with Gasteiger partial charge in [-0.25, -0.2) is 0 Å². The minimum atomic E-state index is -0.157. The average molecular weight is 674 g/mol. The maximum atomic E-state index is 12.8. The minimum Gasteiger partial charge on any atom is -0.872 e. The number of phenols is 4. The maximum absolute atomic E-state index is 12.8. The summed E-state index contributed by atoms with van der Waals surface area (Å²) in [7, 11) is 0. The van der Waals surface area contributed by atoms with Crippen LogP contribution in [-0.2, 0) is 12.8 Å². The molecule has 6 heteroatoms. The van der Waals surface area contributed by atoms with Crippen molar-refractivity contribution >= 4 is 22.7 Å². The van der Waals surface area contributed by atoms with Crippen molar-refractivity contribution in [3.8, 4) is 28.7 Å². The highest BCUT2D eigenvalue weighted by atomic mass is 16.3. The number of rotatable bonds is 8. The Kier molecular flexibility index (Phi) is 10.4. The van der Waals surface area contributed by atoms with Gasteiger partial charge in [0.1, 0.15) is 45.7 Å². The number of aryl methyl sites for hydroxylation is 1. The van der Waals surface area contributed by atoms with Crippen LogP contribution in [0.3, 0.4) is 0 Å². The van der Waals surface area contributed by atoms with Crippen LogP contribution in [0.2, 0.25) is 0 Å². The minimum absolute atomic E-state index is 0.0404. The average Bonchev–Trinajstić information content (AvgIpc) is 3.15. The van der Waals surface area contributed by atoms with Crippen molar-refractivity contribution in [1.82, 2.24) is 4.48 Å². The van der Waals surface area contributed by atoms with Crippen molar-refractivity contribution in [3.05, 3.63) is 198 Å². The van der Waals surface area contributed by atoms with E-state index in [9.17, 15) is 25.5 Å². The van der Waals surface area contributed by atoms with Crippen LogP contribution in [0.15, 0.2) is 170 Å². The summed E-state index contributed by atoms with van der Waals surface area (Å²) in [5.41, 5.74) is 7.90. The Balaban J connectivity index is 0.000000176. The van der Waals surface area contributed by atoms with E-state index in [0.717, 1.165) is 5.56 Å². The Morgan fingerprint density at radius 2 is 0.725 bits per heavy atom. The van der Waals surface area contributed by atoms with Crippen molar-refractivity contribution < 1.29 is 25.5 Å². The molecule has 4 N–H and O–H groups in total. The normalized spacial score (nSPS) is 11.0. The van der Waals surface area contributed by atoms with Gasteiger partial charge in [0.15, 0.2) is 0 Å². The van der Waals surface area contributed by atoms with Gasteiger partial charge in [-0.15, -0.1) is 5.75 Å². The second-order valence-corrected chi connectivity index (χ2v) is 12.4. The first-order chi connectivity index (χ1) is 24.8. The monoisotopic (exact) mass is 673 g/mol. The fourth-order valence-corrected chi connectivity index (χ4v) is 6.51. The van der Waals surface area contributed by atoms with E-state index >= 15 is 0 Å². The van der Waals surface area contributed by atoms with Crippen LogP contribution in [0.5, 0.6) is 28.7 Å². The standard InChI is InChI=1S/C24H20N.C21H20O5/c1-5-13-21(14-6-1)25(22-15-7-2-8-16-22,23-17-9-3-10-18-23)24-19-11-4-12-20-24;1-12-6-15(8-13-2-4-17(22)10-19(13)24)21(26)16(7-12)9-14-3-5-18(23)11-20(14)25/h1-20H;2-7,10-11,22-26H,8-9H2,1H3/q+1;/p-1. The number of aromatic hydroxyl groups is 4. The van der Waals surface area contributed by atoms with E-state index in [1.165, 1.54) is 47.0 Å². The molecule has 0 aliphatic carbocycles. The van der Waals surface area contributed by atoms with Gasteiger partial charge in [0, 0.05) is 73.5 Å².